The van der Waals surface area contributed by atoms with Crippen LogP contribution in [0.2, 0.25) is 0 Å². The van der Waals surface area contributed by atoms with Crippen LogP contribution in [-0.4, -0.2) is 13.3 Å². The van der Waals surface area contributed by atoms with E-state index in [4.69, 9.17) is 4.74 Å². The minimum Gasteiger partial charge on any atom is -0.362 e. The average Bonchev–Trinajstić information content (AvgIpc) is 2.15. The molecule has 0 saturated heterocycles. The SMILES string of the molecule is COC1NC=C(C(C)(C)C)C=C1C(C)C. The normalized spacial score (nSPS) is 22.2. The van der Waals surface area contributed by atoms with Crippen LogP contribution in [-0.2, 0) is 4.74 Å². The lowest BCUT2D eigenvalue weighted by Crippen LogP contribution is -2.34. The first-order valence-corrected chi connectivity index (χ1v) is 5.57. The first-order chi connectivity index (χ1) is 6.86. The van der Waals surface area contributed by atoms with Crippen LogP contribution in [0.3, 0.4) is 0 Å². The number of hydrogen-bond donors (Lipinski definition) is 1. The highest BCUT2D eigenvalue weighted by molar-refractivity contribution is 5.34. The number of nitrogens with one attached hydrogen (secondary N) is 1. The molecule has 1 rings (SSSR count). The molecule has 0 aliphatic carbocycles. The van der Waals surface area contributed by atoms with E-state index < -0.39 is 0 Å². The van der Waals surface area contributed by atoms with Crippen molar-refractivity contribution in [1.82, 2.24) is 5.32 Å². The molecule has 86 valence electrons. The van der Waals surface area contributed by atoms with Crippen molar-refractivity contribution in [3.05, 3.63) is 23.4 Å². The van der Waals surface area contributed by atoms with Gasteiger partial charge in [-0.15, -0.1) is 0 Å². The number of hydrogen-bond acceptors (Lipinski definition) is 2. The van der Waals surface area contributed by atoms with E-state index in [9.17, 15) is 0 Å². The first kappa shape index (κ1) is 12.3. The Balaban J connectivity index is 2.96. The fourth-order valence-electron chi connectivity index (χ4n) is 1.67. The third-order valence-corrected chi connectivity index (χ3v) is 2.78. The Morgan fingerprint density at radius 1 is 1.33 bits per heavy atom. The summed E-state index contributed by atoms with van der Waals surface area (Å²) >= 11 is 0. The van der Waals surface area contributed by atoms with Crippen molar-refractivity contribution in [3.8, 4) is 0 Å². The highest BCUT2D eigenvalue weighted by Crippen LogP contribution is 2.31. The molecule has 1 aliphatic heterocycles. The van der Waals surface area contributed by atoms with Crippen LogP contribution in [0.15, 0.2) is 23.4 Å². The highest BCUT2D eigenvalue weighted by Gasteiger charge is 2.24. The summed E-state index contributed by atoms with van der Waals surface area (Å²) in [5.41, 5.74) is 2.84. The van der Waals surface area contributed by atoms with E-state index in [-0.39, 0.29) is 11.6 Å². The van der Waals surface area contributed by atoms with Crippen molar-refractivity contribution in [3.63, 3.8) is 0 Å². The van der Waals surface area contributed by atoms with E-state index in [2.05, 4.69) is 52.2 Å². The zero-order valence-corrected chi connectivity index (χ0v) is 10.7. The molecule has 0 aromatic rings. The molecule has 1 atom stereocenters. The van der Waals surface area contributed by atoms with Crippen molar-refractivity contribution < 1.29 is 4.74 Å². The monoisotopic (exact) mass is 209 g/mol. The van der Waals surface area contributed by atoms with Crippen molar-refractivity contribution in [2.24, 2.45) is 11.3 Å². The molecular weight excluding hydrogens is 186 g/mol. The molecule has 2 nitrogen and oxygen atoms in total. The lowest BCUT2D eigenvalue weighted by atomic mass is 9.83. The van der Waals surface area contributed by atoms with Crippen LogP contribution in [0, 0.1) is 11.3 Å². The first-order valence-electron chi connectivity index (χ1n) is 5.57. The lowest BCUT2D eigenvalue weighted by Gasteiger charge is -2.31. The van der Waals surface area contributed by atoms with E-state index in [0.29, 0.717) is 5.92 Å². The molecule has 0 amide bonds. The molecule has 1 N–H and O–H groups in total. The maximum Gasteiger partial charge on any atom is 0.149 e. The number of allylic oxidation sites excluding steroid dienone is 2. The molecule has 0 fully saturated rings. The Bertz CT molecular complexity index is 281. The minimum atomic E-state index is 0.0381. The second-order valence-electron chi connectivity index (χ2n) is 5.43. The minimum absolute atomic E-state index is 0.0381. The van der Waals surface area contributed by atoms with Gasteiger partial charge < -0.3 is 10.1 Å². The zero-order valence-electron chi connectivity index (χ0n) is 10.7. The number of dihydropyridines is 1. The summed E-state index contributed by atoms with van der Waals surface area (Å²) in [5, 5.41) is 3.30. The summed E-state index contributed by atoms with van der Waals surface area (Å²) in [6.45, 7) is 11.1. The summed E-state index contributed by atoms with van der Waals surface area (Å²) < 4.78 is 5.40. The van der Waals surface area contributed by atoms with E-state index in [1.807, 2.05) is 0 Å². The van der Waals surface area contributed by atoms with Crippen LogP contribution in [0.4, 0.5) is 0 Å². The Morgan fingerprint density at radius 2 is 1.93 bits per heavy atom. The average molecular weight is 209 g/mol. The van der Waals surface area contributed by atoms with Crippen molar-refractivity contribution in [1.29, 1.82) is 0 Å². The molecule has 0 bridgehead atoms. The van der Waals surface area contributed by atoms with Gasteiger partial charge in [-0.1, -0.05) is 40.7 Å². The predicted molar refractivity (Wildman–Crippen MR) is 64.4 cm³/mol. The van der Waals surface area contributed by atoms with Gasteiger partial charge in [0, 0.05) is 13.3 Å². The fourth-order valence-corrected chi connectivity index (χ4v) is 1.67. The van der Waals surface area contributed by atoms with Crippen LogP contribution in [0.1, 0.15) is 34.6 Å². The molecule has 0 aromatic carbocycles. The third-order valence-electron chi connectivity index (χ3n) is 2.78. The van der Waals surface area contributed by atoms with Gasteiger partial charge in [-0.05, 0) is 22.5 Å². The van der Waals surface area contributed by atoms with Crippen LogP contribution >= 0.6 is 0 Å². The number of ether oxygens (including phenoxy) is 1. The van der Waals surface area contributed by atoms with Crippen molar-refractivity contribution in [2.45, 2.75) is 40.8 Å². The summed E-state index contributed by atoms with van der Waals surface area (Å²) in [4.78, 5) is 0. The van der Waals surface area contributed by atoms with E-state index >= 15 is 0 Å². The van der Waals surface area contributed by atoms with Crippen LogP contribution in [0.5, 0.6) is 0 Å². The Labute approximate surface area is 93.4 Å². The molecule has 2 heteroatoms. The molecule has 0 radical (unpaired) electrons. The zero-order chi connectivity index (χ0) is 11.6. The van der Waals surface area contributed by atoms with Gasteiger partial charge in [0.1, 0.15) is 6.23 Å². The Morgan fingerprint density at radius 3 is 2.33 bits per heavy atom. The summed E-state index contributed by atoms with van der Waals surface area (Å²) in [5.74, 6) is 0.508. The maximum absolute atomic E-state index is 5.40. The van der Waals surface area contributed by atoms with Gasteiger partial charge in [-0.3, -0.25) is 0 Å². The maximum atomic E-state index is 5.40. The van der Waals surface area contributed by atoms with Crippen LogP contribution in [0.25, 0.3) is 0 Å². The molecule has 1 unspecified atom stereocenters. The van der Waals surface area contributed by atoms with E-state index in [1.54, 1.807) is 7.11 Å². The molecule has 0 spiro atoms. The van der Waals surface area contributed by atoms with E-state index in [0.717, 1.165) is 0 Å². The van der Waals surface area contributed by atoms with Gasteiger partial charge in [0.2, 0.25) is 0 Å². The van der Waals surface area contributed by atoms with Gasteiger partial charge >= 0.3 is 0 Å². The van der Waals surface area contributed by atoms with Crippen LogP contribution < -0.4 is 5.32 Å². The Hall–Kier alpha value is -0.760. The fraction of sp³-hybridized carbons (Fsp3) is 0.692. The van der Waals surface area contributed by atoms with Gasteiger partial charge in [-0.25, -0.2) is 0 Å². The number of methoxy groups -OCH3 is 1. The van der Waals surface area contributed by atoms with E-state index in [1.165, 1.54) is 11.1 Å². The molecular formula is C13H23NO. The molecule has 1 aliphatic rings. The lowest BCUT2D eigenvalue weighted by molar-refractivity contribution is 0.105. The molecule has 0 aromatic heterocycles. The Kier molecular flexibility index (Phi) is 3.61. The standard InChI is InChI=1S/C13H23NO/c1-9(2)11-7-10(13(3,4)5)8-14-12(11)15-6/h7-9,12,14H,1-6H3. The highest BCUT2D eigenvalue weighted by atomic mass is 16.5. The smallest absolute Gasteiger partial charge is 0.149 e. The second-order valence-corrected chi connectivity index (χ2v) is 5.43. The largest absolute Gasteiger partial charge is 0.362 e. The second kappa shape index (κ2) is 4.40. The third kappa shape index (κ3) is 2.85. The van der Waals surface area contributed by atoms with Gasteiger partial charge in [0.05, 0.1) is 0 Å². The quantitative estimate of drug-likeness (QED) is 0.754. The van der Waals surface area contributed by atoms with Crippen molar-refractivity contribution >= 4 is 0 Å². The topological polar surface area (TPSA) is 21.3 Å². The summed E-state index contributed by atoms with van der Waals surface area (Å²) in [6.07, 6.45) is 4.38. The molecule has 1 heterocycles. The summed E-state index contributed by atoms with van der Waals surface area (Å²) in [7, 11) is 1.74. The predicted octanol–water partition coefficient (Wildman–Crippen LogP) is 3.07. The van der Waals surface area contributed by atoms with Gasteiger partial charge in [0.25, 0.3) is 0 Å². The molecule has 15 heavy (non-hydrogen) atoms. The molecule has 0 saturated carbocycles. The summed E-state index contributed by atoms with van der Waals surface area (Å²) in [6, 6.07) is 0. The van der Waals surface area contributed by atoms with Crippen molar-refractivity contribution in [2.75, 3.05) is 7.11 Å². The van der Waals surface area contributed by atoms with Gasteiger partial charge in [0.15, 0.2) is 0 Å². The number of rotatable bonds is 2. The van der Waals surface area contributed by atoms with Gasteiger partial charge in [-0.2, -0.15) is 0 Å².